The van der Waals surface area contributed by atoms with E-state index < -0.39 is 10.9 Å². The molecule has 2 aromatic rings. The number of fused-ring (bicyclic) bond motifs is 1. The Bertz CT molecular complexity index is 665. The average molecular weight is 247 g/mol. The standard InChI is InChI=1S/C14H11ClO2/c1-7-6-10(9-5-3-2-4-8(7)9)11-12(15)14(17)13(11)16/h2-5,7,10H,6H2,1H3. The van der Waals surface area contributed by atoms with Gasteiger partial charge < -0.3 is 0 Å². The molecule has 0 radical (unpaired) electrons. The molecule has 2 unspecified atom stereocenters. The number of halogens is 1. The second kappa shape index (κ2) is 3.54. The van der Waals surface area contributed by atoms with Crippen LogP contribution in [0.2, 0.25) is 5.02 Å². The Morgan fingerprint density at radius 3 is 2.41 bits per heavy atom. The van der Waals surface area contributed by atoms with Gasteiger partial charge in [0.05, 0.1) is 5.02 Å². The van der Waals surface area contributed by atoms with Crippen LogP contribution in [0.5, 0.6) is 0 Å². The highest BCUT2D eigenvalue weighted by atomic mass is 35.5. The summed E-state index contributed by atoms with van der Waals surface area (Å²) in [5.41, 5.74) is 2.01. The molecule has 0 saturated carbocycles. The third kappa shape index (κ3) is 1.34. The molecule has 3 heteroatoms. The minimum absolute atomic E-state index is 0.0129. The number of rotatable bonds is 1. The first-order valence-electron chi connectivity index (χ1n) is 5.68. The predicted molar refractivity (Wildman–Crippen MR) is 67.7 cm³/mol. The van der Waals surface area contributed by atoms with Crippen molar-refractivity contribution in [3.63, 3.8) is 0 Å². The van der Waals surface area contributed by atoms with Crippen molar-refractivity contribution < 1.29 is 0 Å². The predicted octanol–water partition coefficient (Wildman–Crippen LogP) is 2.58. The summed E-state index contributed by atoms with van der Waals surface area (Å²) in [5, 5.41) is 0.143. The Kier molecular flexibility index (Phi) is 2.23. The van der Waals surface area contributed by atoms with Crippen LogP contribution in [0.4, 0.5) is 0 Å². The van der Waals surface area contributed by atoms with Crippen molar-refractivity contribution in [1.82, 2.24) is 0 Å². The molecule has 0 amide bonds. The van der Waals surface area contributed by atoms with Gasteiger partial charge in [0.1, 0.15) is 0 Å². The van der Waals surface area contributed by atoms with Crippen LogP contribution in [0.15, 0.2) is 33.9 Å². The minimum atomic E-state index is -0.529. The molecule has 3 rings (SSSR count). The van der Waals surface area contributed by atoms with Crippen LogP contribution in [0.1, 0.15) is 41.9 Å². The quantitative estimate of drug-likeness (QED) is 0.725. The number of hydrogen-bond acceptors (Lipinski definition) is 2. The summed E-state index contributed by atoms with van der Waals surface area (Å²) in [6.07, 6.45) is 0.865. The Labute approximate surface area is 104 Å². The van der Waals surface area contributed by atoms with Crippen LogP contribution in [-0.2, 0) is 0 Å². The average Bonchev–Trinajstić information content (AvgIpc) is 2.67. The summed E-state index contributed by atoms with van der Waals surface area (Å²) in [6, 6.07) is 8.07. The first kappa shape index (κ1) is 10.7. The second-order valence-corrected chi connectivity index (χ2v) is 5.08. The van der Waals surface area contributed by atoms with Gasteiger partial charge in [-0.3, -0.25) is 9.59 Å². The van der Waals surface area contributed by atoms with Gasteiger partial charge in [-0.2, -0.15) is 0 Å². The van der Waals surface area contributed by atoms with Gasteiger partial charge >= 0.3 is 0 Å². The van der Waals surface area contributed by atoms with E-state index in [9.17, 15) is 9.59 Å². The minimum Gasteiger partial charge on any atom is -0.285 e. The van der Waals surface area contributed by atoms with Gasteiger partial charge in [-0.15, -0.1) is 0 Å². The fourth-order valence-corrected chi connectivity index (χ4v) is 3.15. The normalized spacial score (nSPS) is 22.9. The molecule has 0 saturated heterocycles. The fourth-order valence-electron chi connectivity index (χ4n) is 2.85. The van der Waals surface area contributed by atoms with Gasteiger partial charge in [0, 0.05) is 11.5 Å². The van der Waals surface area contributed by atoms with Gasteiger partial charge in [0.15, 0.2) is 0 Å². The summed E-state index contributed by atoms with van der Waals surface area (Å²) < 4.78 is 0. The summed E-state index contributed by atoms with van der Waals surface area (Å²) in [4.78, 5) is 22.8. The van der Waals surface area contributed by atoms with Gasteiger partial charge in [-0.1, -0.05) is 42.8 Å². The molecule has 0 bridgehead atoms. The maximum absolute atomic E-state index is 11.6. The summed E-state index contributed by atoms with van der Waals surface area (Å²) >= 11 is 5.86. The van der Waals surface area contributed by atoms with Crippen LogP contribution in [-0.4, -0.2) is 0 Å². The lowest BCUT2D eigenvalue weighted by atomic mass is 9.90. The van der Waals surface area contributed by atoms with E-state index in [-0.39, 0.29) is 10.9 Å². The molecule has 0 heterocycles. The SMILES string of the molecule is CC1CC(c2c(Cl)c(=O)c2=O)c2ccccc21. The molecule has 17 heavy (non-hydrogen) atoms. The van der Waals surface area contributed by atoms with E-state index in [2.05, 4.69) is 13.0 Å². The van der Waals surface area contributed by atoms with Crippen molar-refractivity contribution >= 4 is 11.6 Å². The first-order chi connectivity index (χ1) is 8.11. The van der Waals surface area contributed by atoms with Crippen LogP contribution in [0.25, 0.3) is 0 Å². The van der Waals surface area contributed by atoms with E-state index in [0.717, 1.165) is 12.0 Å². The summed E-state index contributed by atoms with van der Waals surface area (Å²) in [5.74, 6) is 0.426. The zero-order valence-corrected chi connectivity index (χ0v) is 10.1. The maximum Gasteiger partial charge on any atom is 0.245 e. The first-order valence-corrected chi connectivity index (χ1v) is 6.06. The Morgan fingerprint density at radius 1 is 1.12 bits per heavy atom. The highest BCUT2D eigenvalue weighted by Crippen LogP contribution is 2.45. The van der Waals surface area contributed by atoms with Crippen molar-refractivity contribution in [2.24, 2.45) is 0 Å². The molecule has 0 aliphatic heterocycles. The monoisotopic (exact) mass is 246 g/mol. The van der Waals surface area contributed by atoms with Crippen molar-refractivity contribution in [2.75, 3.05) is 0 Å². The second-order valence-electron chi connectivity index (χ2n) is 4.70. The van der Waals surface area contributed by atoms with E-state index in [1.54, 1.807) is 0 Å². The highest BCUT2D eigenvalue weighted by Gasteiger charge is 2.35. The molecule has 2 nitrogen and oxygen atoms in total. The van der Waals surface area contributed by atoms with Gasteiger partial charge in [0.25, 0.3) is 0 Å². The van der Waals surface area contributed by atoms with Crippen LogP contribution < -0.4 is 10.9 Å². The van der Waals surface area contributed by atoms with E-state index in [4.69, 9.17) is 11.6 Å². The lowest BCUT2D eigenvalue weighted by Crippen LogP contribution is -2.37. The van der Waals surface area contributed by atoms with E-state index in [1.165, 1.54) is 5.56 Å². The molecule has 2 atom stereocenters. The molecular formula is C14H11ClO2. The van der Waals surface area contributed by atoms with Gasteiger partial charge in [-0.25, -0.2) is 0 Å². The lowest BCUT2D eigenvalue weighted by Gasteiger charge is -2.14. The number of hydrogen-bond donors (Lipinski definition) is 0. The molecule has 0 spiro atoms. The molecule has 1 aliphatic carbocycles. The topological polar surface area (TPSA) is 34.1 Å². The fraction of sp³-hybridized carbons (Fsp3) is 0.286. The summed E-state index contributed by atoms with van der Waals surface area (Å²) in [7, 11) is 0. The lowest BCUT2D eigenvalue weighted by molar-refractivity contribution is 0.679. The molecule has 0 N–H and O–H groups in total. The third-order valence-corrected chi connectivity index (χ3v) is 4.10. The highest BCUT2D eigenvalue weighted by molar-refractivity contribution is 6.32. The van der Waals surface area contributed by atoms with Crippen molar-refractivity contribution in [2.45, 2.75) is 25.2 Å². The Morgan fingerprint density at radius 2 is 1.76 bits per heavy atom. The van der Waals surface area contributed by atoms with E-state index >= 15 is 0 Å². The van der Waals surface area contributed by atoms with Crippen LogP contribution in [0, 0.1) is 0 Å². The Balaban J connectivity index is 2.15. The van der Waals surface area contributed by atoms with Crippen LogP contribution in [0.3, 0.4) is 0 Å². The molecule has 1 aliphatic rings. The van der Waals surface area contributed by atoms with E-state index in [0.29, 0.717) is 11.5 Å². The largest absolute Gasteiger partial charge is 0.285 e. The zero-order chi connectivity index (χ0) is 12.2. The molecule has 86 valence electrons. The number of benzene rings is 1. The van der Waals surface area contributed by atoms with Crippen molar-refractivity contribution in [3.8, 4) is 0 Å². The third-order valence-electron chi connectivity index (χ3n) is 3.73. The molecule has 0 fully saturated rings. The molecule has 0 aromatic heterocycles. The van der Waals surface area contributed by atoms with Crippen molar-refractivity contribution in [1.29, 1.82) is 0 Å². The smallest absolute Gasteiger partial charge is 0.245 e. The zero-order valence-electron chi connectivity index (χ0n) is 9.37. The maximum atomic E-state index is 11.6. The van der Waals surface area contributed by atoms with Gasteiger partial charge in [-0.05, 0) is 23.5 Å². The summed E-state index contributed by atoms with van der Waals surface area (Å²) in [6.45, 7) is 2.14. The Hall–Kier alpha value is -1.41. The van der Waals surface area contributed by atoms with Crippen molar-refractivity contribution in [3.05, 3.63) is 66.4 Å². The molecule has 2 aromatic carbocycles. The van der Waals surface area contributed by atoms with Crippen LogP contribution >= 0.6 is 11.6 Å². The van der Waals surface area contributed by atoms with Gasteiger partial charge in [0.2, 0.25) is 10.9 Å². The molecular weight excluding hydrogens is 236 g/mol. The van der Waals surface area contributed by atoms with E-state index in [1.807, 2.05) is 18.2 Å².